The fourth-order valence-corrected chi connectivity index (χ4v) is 5.06. The molecule has 3 aromatic rings. The number of ether oxygens (including phenoxy) is 3. The smallest absolute Gasteiger partial charge is 0.278 e. The number of thioether (sulfide) groups is 1. The summed E-state index contributed by atoms with van der Waals surface area (Å²) >= 11 is 1.08. The summed E-state index contributed by atoms with van der Waals surface area (Å²) in [6.07, 6.45) is 0.467. The van der Waals surface area contributed by atoms with Crippen LogP contribution in [0.15, 0.2) is 82.2 Å². The summed E-state index contributed by atoms with van der Waals surface area (Å²) in [7, 11) is 4.56. The van der Waals surface area contributed by atoms with Crippen molar-refractivity contribution < 1.29 is 33.5 Å². The summed E-state index contributed by atoms with van der Waals surface area (Å²) in [5.41, 5.74) is 1.11. The van der Waals surface area contributed by atoms with E-state index in [0.29, 0.717) is 40.8 Å². The molecule has 0 saturated carbocycles. The van der Waals surface area contributed by atoms with E-state index in [0.717, 1.165) is 11.8 Å². The van der Waals surface area contributed by atoms with Gasteiger partial charge in [-0.25, -0.2) is 0 Å². The van der Waals surface area contributed by atoms with Crippen LogP contribution in [-0.4, -0.2) is 62.0 Å². The highest BCUT2D eigenvalue weighted by molar-refractivity contribution is 8.04. The number of rotatable bonds is 13. The molecule has 3 aromatic carbocycles. The van der Waals surface area contributed by atoms with E-state index in [4.69, 9.17) is 14.2 Å². The SMILES string of the molecule is COCCCN1C(=O)C(Nc2ccc(OC)cc2OC)=C(Sc2cccc(NC(=O)c3ccc([N+](=O)[O-])cc3)c2)C1=O. The number of hydrogen-bond donors (Lipinski definition) is 2. The standard InChI is InChI=1S/C29H28N4O8S/c1-39-15-5-14-32-28(35)25(31-23-13-12-21(40-2)17-24(23)41-3)26(29(32)36)42-22-7-4-6-19(16-22)30-27(34)18-8-10-20(11-9-18)33(37)38/h4,6-13,16-17,31H,5,14-15H2,1-3H3,(H,30,34). The van der Waals surface area contributed by atoms with Gasteiger partial charge in [0.15, 0.2) is 0 Å². The number of nitrogens with zero attached hydrogens (tertiary/aromatic N) is 2. The Hall–Kier alpha value is -4.88. The largest absolute Gasteiger partial charge is 0.497 e. The van der Waals surface area contributed by atoms with E-state index in [2.05, 4.69) is 10.6 Å². The van der Waals surface area contributed by atoms with Gasteiger partial charge in [0.2, 0.25) is 0 Å². The molecule has 3 amide bonds. The van der Waals surface area contributed by atoms with Crippen LogP contribution in [0.3, 0.4) is 0 Å². The van der Waals surface area contributed by atoms with Gasteiger partial charge >= 0.3 is 0 Å². The molecule has 0 atom stereocenters. The van der Waals surface area contributed by atoms with Gasteiger partial charge in [0.25, 0.3) is 23.4 Å². The molecule has 0 bridgehead atoms. The minimum atomic E-state index is -0.543. The molecule has 1 aliphatic rings. The van der Waals surface area contributed by atoms with Crippen LogP contribution in [-0.2, 0) is 14.3 Å². The van der Waals surface area contributed by atoms with Gasteiger partial charge in [-0.15, -0.1) is 0 Å². The average Bonchev–Trinajstić information content (AvgIpc) is 3.21. The average molecular weight is 593 g/mol. The zero-order chi connectivity index (χ0) is 30.2. The van der Waals surface area contributed by atoms with Gasteiger partial charge in [0.1, 0.15) is 22.1 Å². The molecule has 2 N–H and O–H groups in total. The van der Waals surface area contributed by atoms with Crippen LogP contribution in [0.1, 0.15) is 16.8 Å². The summed E-state index contributed by atoms with van der Waals surface area (Å²) in [5.74, 6) is -0.434. The topological polar surface area (TPSA) is 149 Å². The fourth-order valence-electron chi connectivity index (χ4n) is 4.06. The lowest BCUT2D eigenvalue weighted by Crippen LogP contribution is -2.33. The first kappa shape index (κ1) is 30.1. The highest BCUT2D eigenvalue weighted by Crippen LogP contribution is 2.38. The molecule has 1 aliphatic heterocycles. The Balaban J connectivity index is 1.60. The van der Waals surface area contributed by atoms with Crippen LogP contribution in [0.4, 0.5) is 17.1 Å². The Morgan fingerprint density at radius 1 is 0.976 bits per heavy atom. The van der Waals surface area contributed by atoms with Gasteiger partial charge < -0.3 is 24.8 Å². The predicted molar refractivity (Wildman–Crippen MR) is 157 cm³/mol. The lowest BCUT2D eigenvalue weighted by atomic mass is 10.2. The Labute approximate surface area is 245 Å². The molecule has 0 aromatic heterocycles. The number of non-ortho nitro benzene ring substituents is 1. The number of amides is 3. The van der Waals surface area contributed by atoms with Crippen LogP contribution in [0.2, 0.25) is 0 Å². The number of imide groups is 1. The Bertz CT molecular complexity index is 1540. The maximum atomic E-state index is 13.5. The van der Waals surface area contributed by atoms with E-state index in [1.54, 1.807) is 49.6 Å². The molecule has 4 rings (SSSR count). The molecule has 13 heteroatoms. The number of nitro groups is 1. The lowest BCUT2D eigenvalue weighted by Gasteiger charge is -2.15. The first-order chi connectivity index (χ1) is 20.2. The zero-order valence-electron chi connectivity index (χ0n) is 23.0. The maximum Gasteiger partial charge on any atom is 0.278 e. The van der Waals surface area contributed by atoms with Gasteiger partial charge in [0, 0.05) is 54.6 Å². The quantitative estimate of drug-likeness (QED) is 0.124. The van der Waals surface area contributed by atoms with E-state index in [9.17, 15) is 24.5 Å². The third-order valence-electron chi connectivity index (χ3n) is 6.18. The van der Waals surface area contributed by atoms with E-state index in [1.165, 1.54) is 43.4 Å². The summed E-state index contributed by atoms with van der Waals surface area (Å²) in [4.78, 5) is 51.9. The second-order valence-corrected chi connectivity index (χ2v) is 9.98. The first-order valence-corrected chi connectivity index (χ1v) is 13.5. The van der Waals surface area contributed by atoms with Gasteiger partial charge in [-0.1, -0.05) is 17.8 Å². The van der Waals surface area contributed by atoms with Crippen molar-refractivity contribution in [3.8, 4) is 11.5 Å². The summed E-state index contributed by atoms with van der Waals surface area (Å²) in [6, 6.07) is 17.1. The molecular weight excluding hydrogens is 564 g/mol. The zero-order valence-corrected chi connectivity index (χ0v) is 23.9. The summed E-state index contributed by atoms with van der Waals surface area (Å²) in [5, 5.41) is 16.7. The number of carbonyl (C=O) groups excluding carboxylic acids is 3. The molecule has 0 spiro atoms. The van der Waals surface area contributed by atoms with E-state index >= 15 is 0 Å². The Morgan fingerprint density at radius 2 is 1.74 bits per heavy atom. The van der Waals surface area contributed by atoms with Crippen LogP contribution >= 0.6 is 11.8 Å². The minimum absolute atomic E-state index is 0.0891. The second-order valence-electron chi connectivity index (χ2n) is 8.89. The van der Waals surface area contributed by atoms with Gasteiger partial charge in [-0.2, -0.15) is 0 Å². The van der Waals surface area contributed by atoms with Crippen molar-refractivity contribution in [3.63, 3.8) is 0 Å². The van der Waals surface area contributed by atoms with Gasteiger partial charge in [-0.05, 0) is 48.9 Å². The molecule has 0 radical (unpaired) electrons. The molecule has 0 aliphatic carbocycles. The Morgan fingerprint density at radius 3 is 2.40 bits per heavy atom. The third kappa shape index (κ3) is 6.87. The second kappa shape index (κ2) is 13.7. The molecule has 12 nitrogen and oxygen atoms in total. The van der Waals surface area contributed by atoms with Crippen molar-refractivity contribution in [1.29, 1.82) is 0 Å². The molecule has 0 unspecified atom stereocenters. The van der Waals surface area contributed by atoms with Crippen LogP contribution in [0.25, 0.3) is 0 Å². The normalized spacial score (nSPS) is 12.9. The molecule has 218 valence electrons. The molecular formula is C29H28N4O8S. The van der Waals surface area contributed by atoms with Crippen molar-refractivity contribution in [2.75, 3.05) is 45.1 Å². The molecule has 1 heterocycles. The maximum absolute atomic E-state index is 13.5. The van der Waals surface area contributed by atoms with Crippen molar-refractivity contribution in [1.82, 2.24) is 4.90 Å². The van der Waals surface area contributed by atoms with Crippen molar-refractivity contribution >= 4 is 46.5 Å². The minimum Gasteiger partial charge on any atom is -0.497 e. The van der Waals surface area contributed by atoms with Gasteiger partial charge in [0.05, 0.1) is 24.8 Å². The predicted octanol–water partition coefficient (Wildman–Crippen LogP) is 4.69. The number of nitrogens with one attached hydrogen (secondary N) is 2. The van der Waals surface area contributed by atoms with Crippen LogP contribution in [0, 0.1) is 10.1 Å². The number of anilines is 2. The first-order valence-electron chi connectivity index (χ1n) is 12.7. The molecule has 0 saturated heterocycles. The highest BCUT2D eigenvalue weighted by atomic mass is 32.2. The van der Waals surface area contributed by atoms with Gasteiger partial charge in [-0.3, -0.25) is 29.4 Å². The summed E-state index contributed by atoms with van der Waals surface area (Å²) in [6.45, 7) is 0.553. The fraction of sp³-hybridized carbons (Fsp3) is 0.207. The van der Waals surface area contributed by atoms with E-state index < -0.39 is 22.6 Å². The van der Waals surface area contributed by atoms with Crippen LogP contribution in [0.5, 0.6) is 11.5 Å². The Kier molecular flexibility index (Phi) is 9.78. The number of methoxy groups -OCH3 is 3. The number of carbonyl (C=O) groups is 3. The van der Waals surface area contributed by atoms with Crippen LogP contribution < -0.4 is 20.1 Å². The monoisotopic (exact) mass is 592 g/mol. The molecule has 42 heavy (non-hydrogen) atoms. The lowest BCUT2D eigenvalue weighted by molar-refractivity contribution is -0.384. The third-order valence-corrected chi connectivity index (χ3v) is 7.25. The van der Waals surface area contributed by atoms with Crippen molar-refractivity contribution in [2.24, 2.45) is 0 Å². The number of hydrogen-bond acceptors (Lipinski definition) is 10. The highest BCUT2D eigenvalue weighted by Gasteiger charge is 2.39. The number of nitro benzene ring substituents is 1. The van der Waals surface area contributed by atoms with Crippen molar-refractivity contribution in [3.05, 3.63) is 93.0 Å². The van der Waals surface area contributed by atoms with Crippen molar-refractivity contribution in [2.45, 2.75) is 11.3 Å². The van der Waals surface area contributed by atoms with E-state index in [-0.39, 0.29) is 28.4 Å². The van der Waals surface area contributed by atoms with E-state index in [1.807, 2.05) is 0 Å². The number of benzene rings is 3. The molecule has 0 fully saturated rings. The summed E-state index contributed by atoms with van der Waals surface area (Å²) < 4.78 is 15.8.